The summed E-state index contributed by atoms with van der Waals surface area (Å²) in [5.41, 5.74) is 0.754. The summed E-state index contributed by atoms with van der Waals surface area (Å²) < 4.78 is 5.58. The predicted octanol–water partition coefficient (Wildman–Crippen LogP) is 0.833. The lowest BCUT2D eigenvalue weighted by molar-refractivity contribution is -0.0285. The van der Waals surface area contributed by atoms with Gasteiger partial charge in [-0.05, 0) is 25.7 Å². The summed E-state index contributed by atoms with van der Waals surface area (Å²) in [5, 5.41) is 0. The second-order valence-electron chi connectivity index (χ2n) is 3.69. The molecule has 0 aliphatic carbocycles. The van der Waals surface area contributed by atoms with Crippen molar-refractivity contribution in [2.24, 2.45) is 5.92 Å². The van der Waals surface area contributed by atoms with Crippen LogP contribution < -0.4 is 0 Å². The van der Waals surface area contributed by atoms with Crippen molar-refractivity contribution < 1.29 is 9.53 Å². The number of fused-ring (bicyclic) bond motifs is 3. The molecule has 0 aromatic heterocycles. The highest BCUT2D eigenvalue weighted by Crippen LogP contribution is 2.35. The van der Waals surface area contributed by atoms with E-state index < -0.39 is 0 Å². The Morgan fingerprint density at radius 2 is 2.23 bits per heavy atom. The summed E-state index contributed by atoms with van der Waals surface area (Å²) in [6, 6.07) is 0. The molecule has 3 aliphatic heterocycles. The van der Waals surface area contributed by atoms with Crippen LogP contribution in [0.4, 0.5) is 0 Å². The molecule has 1 atom stereocenters. The van der Waals surface area contributed by atoms with E-state index in [0.29, 0.717) is 12.5 Å². The van der Waals surface area contributed by atoms with Crippen LogP contribution in [0.3, 0.4) is 0 Å². The van der Waals surface area contributed by atoms with Gasteiger partial charge in [0.1, 0.15) is 17.7 Å². The van der Waals surface area contributed by atoms with Gasteiger partial charge in [0.2, 0.25) is 0 Å². The lowest BCUT2D eigenvalue weighted by Crippen LogP contribution is -2.49. The Balaban J connectivity index is 2.19. The topological polar surface area (TPSA) is 29.5 Å². The molecule has 3 nitrogen and oxygen atoms in total. The lowest BCUT2D eigenvalue weighted by Gasteiger charge is -2.45. The summed E-state index contributed by atoms with van der Waals surface area (Å²) in [4.78, 5) is 12.9. The van der Waals surface area contributed by atoms with Crippen LogP contribution in [-0.2, 0) is 9.53 Å². The largest absolute Gasteiger partial charge is 0.371 e. The Morgan fingerprint density at radius 3 is 2.77 bits per heavy atom. The fourth-order valence-electron chi connectivity index (χ4n) is 2.36. The molecule has 0 aromatic rings. The van der Waals surface area contributed by atoms with Gasteiger partial charge in [0.25, 0.3) is 0 Å². The standard InChI is InChI=1S/C10H15NO2/c1-2-13-10-8-3-5-11(6-4-8)9(10)7-12/h8,10H,2-6H2,1H3. The molecule has 0 aromatic carbocycles. The first kappa shape index (κ1) is 8.79. The number of hydrogen-bond donors (Lipinski definition) is 0. The van der Waals surface area contributed by atoms with Crippen LogP contribution in [0, 0.1) is 5.92 Å². The Morgan fingerprint density at radius 1 is 1.54 bits per heavy atom. The first-order valence-corrected chi connectivity index (χ1v) is 4.98. The normalized spacial score (nSPS) is 32.1. The third-order valence-electron chi connectivity index (χ3n) is 3.03. The van der Waals surface area contributed by atoms with Crippen LogP contribution in [0.2, 0.25) is 0 Å². The quantitative estimate of drug-likeness (QED) is 0.591. The number of piperidine rings is 3. The Kier molecular flexibility index (Phi) is 2.38. The van der Waals surface area contributed by atoms with Gasteiger partial charge in [0.15, 0.2) is 0 Å². The molecular weight excluding hydrogens is 166 g/mol. The minimum atomic E-state index is 0.0324. The number of rotatable bonds is 2. The van der Waals surface area contributed by atoms with Crippen molar-refractivity contribution in [1.29, 1.82) is 0 Å². The molecule has 0 N–H and O–H groups in total. The summed E-state index contributed by atoms with van der Waals surface area (Å²) >= 11 is 0. The zero-order valence-electron chi connectivity index (χ0n) is 7.95. The first-order valence-electron chi connectivity index (χ1n) is 4.98. The molecule has 1 unspecified atom stereocenters. The zero-order chi connectivity index (χ0) is 9.26. The van der Waals surface area contributed by atoms with E-state index in [1.54, 1.807) is 0 Å². The van der Waals surface area contributed by atoms with E-state index in [1.807, 2.05) is 12.9 Å². The SMILES string of the molecule is CCOC1C(=C=O)N2CCC1CC2. The van der Waals surface area contributed by atoms with Gasteiger partial charge in [0.05, 0.1) is 0 Å². The molecule has 13 heavy (non-hydrogen) atoms. The van der Waals surface area contributed by atoms with Crippen LogP contribution in [0.1, 0.15) is 19.8 Å². The molecule has 3 heterocycles. The van der Waals surface area contributed by atoms with E-state index in [1.165, 1.54) is 0 Å². The highest BCUT2D eigenvalue weighted by atomic mass is 16.5. The monoisotopic (exact) mass is 181 g/mol. The Bertz CT molecular complexity index is 237. The van der Waals surface area contributed by atoms with Gasteiger partial charge in [-0.1, -0.05) is 0 Å². The van der Waals surface area contributed by atoms with E-state index in [9.17, 15) is 4.79 Å². The van der Waals surface area contributed by atoms with Crippen LogP contribution in [-0.4, -0.2) is 36.6 Å². The van der Waals surface area contributed by atoms with Crippen molar-refractivity contribution in [2.45, 2.75) is 25.9 Å². The summed E-state index contributed by atoms with van der Waals surface area (Å²) in [6.07, 6.45) is 2.36. The van der Waals surface area contributed by atoms with Crippen molar-refractivity contribution in [3.63, 3.8) is 0 Å². The molecule has 3 heteroatoms. The number of hydrogen-bond acceptors (Lipinski definition) is 3. The van der Waals surface area contributed by atoms with E-state index in [2.05, 4.69) is 4.90 Å². The summed E-state index contributed by atoms with van der Waals surface area (Å²) in [7, 11) is 0. The molecule has 0 spiro atoms. The van der Waals surface area contributed by atoms with E-state index in [0.717, 1.165) is 31.6 Å². The van der Waals surface area contributed by atoms with Gasteiger partial charge in [-0.25, -0.2) is 4.79 Å². The Hall–Kier alpha value is -0.790. The molecular formula is C10H15NO2. The van der Waals surface area contributed by atoms with E-state index in [-0.39, 0.29) is 6.10 Å². The maximum atomic E-state index is 10.8. The van der Waals surface area contributed by atoms with Crippen molar-refractivity contribution in [1.82, 2.24) is 4.90 Å². The van der Waals surface area contributed by atoms with Crippen LogP contribution in [0.25, 0.3) is 0 Å². The van der Waals surface area contributed by atoms with Gasteiger partial charge >= 0.3 is 0 Å². The molecule has 3 aliphatic rings. The van der Waals surface area contributed by atoms with Crippen molar-refractivity contribution in [3.8, 4) is 0 Å². The first-order chi connectivity index (χ1) is 6.36. The zero-order valence-corrected chi connectivity index (χ0v) is 7.95. The second-order valence-corrected chi connectivity index (χ2v) is 3.69. The van der Waals surface area contributed by atoms with Crippen molar-refractivity contribution >= 4 is 5.94 Å². The highest BCUT2D eigenvalue weighted by Gasteiger charge is 2.39. The number of ether oxygens (including phenoxy) is 1. The van der Waals surface area contributed by atoms with Crippen LogP contribution in [0.15, 0.2) is 5.70 Å². The maximum Gasteiger partial charge on any atom is 0.148 e. The fraction of sp³-hybridized carbons (Fsp3) is 0.800. The summed E-state index contributed by atoms with van der Waals surface area (Å²) in [5.74, 6) is 2.59. The molecule has 72 valence electrons. The fourth-order valence-corrected chi connectivity index (χ4v) is 2.36. The van der Waals surface area contributed by atoms with Gasteiger partial charge in [-0.3, -0.25) is 0 Å². The van der Waals surface area contributed by atoms with Gasteiger partial charge < -0.3 is 9.64 Å². The Labute approximate surface area is 78.4 Å². The molecule has 3 rings (SSSR count). The summed E-state index contributed by atoms with van der Waals surface area (Å²) in [6.45, 7) is 4.68. The average molecular weight is 181 g/mol. The predicted molar refractivity (Wildman–Crippen MR) is 48.9 cm³/mol. The van der Waals surface area contributed by atoms with E-state index >= 15 is 0 Å². The molecule has 3 saturated heterocycles. The highest BCUT2D eigenvalue weighted by molar-refractivity contribution is 5.54. The molecule has 0 saturated carbocycles. The third kappa shape index (κ3) is 1.38. The smallest absolute Gasteiger partial charge is 0.148 e. The van der Waals surface area contributed by atoms with Gasteiger partial charge in [-0.2, -0.15) is 0 Å². The minimum Gasteiger partial charge on any atom is -0.371 e. The van der Waals surface area contributed by atoms with Crippen LogP contribution >= 0.6 is 0 Å². The van der Waals surface area contributed by atoms with Crippen LogP contribution in [0.5, 0.6) is 0 Å². The lowest BCUT2D eigenvalue weighted by atomic mass is 9.84. The minimum absolute atomic E-state index is 0.0324. The van der Waals surface area contributed by atoms with Crippen molar-refractivity contribution in [2.75, 3.05) is 19.7 Å². The van der Waals surface area contributed by atoms with Crippen molar-refractivity contribution in [3.05, 3.63) is 5.70 Å². The van der Waals surface area contributed by atoms with Gasteiger partial charge in [0, 0.05) is 19.7 Å². The average Bonchev–Trinajstić information content (AvgIpc) is 2.20. The molecule has 0 radical (unpaired) electrons. The molecule has 0 amide bonds. The molecule has 3 fully saturated rings. The number of carbonyl (C=O) groups excluding carboxylic acids is 1. The van der Waals surface area contributed by atoms with Gasteiger partial charge in [-0.15, -0.1) is 0 Å². The maximum absolute atomic E-state index is 10.8. The molecule has 2 bridgehead atoms. The second kappa shape index (κ2) is 3.52. The number of nitrogens with zero attached hydrogens (tertiary/aromatic N) is 1. The van der Waals surface area contributed by atoms with E-state index in [4.69, 9.17) is 4.74 Å². The third-order valence-corrected chi connectivity index (χ3v) is 3.03.